The molecule has 0 aliphatic rings. The van der Waals surface area contributed by atoms with E-state index in [1.807, 2.05) is 32.2 Å². The van der Waals surface area contributed by atoms with Crippen LogP contribution in [0.15, 0.2) is 34.8 Å². The minimum Gasteiger partial charge on any atom is -0.496 e. The first kappa shape index (κ1) is 14.7. The molecule has 2 aromatic carbocycles. The summed E-state index contributed by atoms with van der Waals surface area (Å²) in [5.74, 6) is 0.906. The minimum absolute atomic E-state index is 0.745. The Morgan fingerprint density at radius 2 is 1.75 bits per heavy atom. The van der Waals surface area contributed by atoms with Gasteiger partial charge < -0.3 is 15.4 Å². The Kier molecular flexibility index (Phi) is 4.23. The molecule has 2 N–H and O–H groups in total. The molecule has 20 heavy (non-hydrogen) atoms. The molecule has 0 radical (unpaired) electrons. The number of halogens is 1. The summed E-state index contributed by atoms with van der Waals surface area (Å²) in [5.41, 5.74) is 11.2. The van der Waals surface area contributed by atoms with Gasteiger partial charge in [0.05, 0.1) is 18.5 Å². The summed E-state index contributed by atoms with van der Waals surface area (Å²) in [4.78, 5) is 2.10. The van der Waals surface area contributed by atoms with Gasteiger partial charge in [0.15, 0.2) is 0 Å². The van der Waals surface area contributed by atoms with Crippen molar-refractivity contribution in [1.82, 2.24) is 0 Å². The molecule has 0 aliphatic heterocycles. The molecule has 0 amide bonds. The van der Waals surface area contributed by atoms with Gasteiger partial charge in [0.25, 0.3) is 0 Å². The number of hydrogen-bond acceptors (Lipinski definition) is 3. The summed E-state index contributed by atoms with van der Waals surface area (Å²) in [7, 11) is 3.71. The van der Waals surface area contributed by atoms with Gasteiger partial charge in [-0.25, -0.2) is 0 Å². The van der Waals surface area contributed by atoms with E-state index in [9.17, 15) is 0 Å². The van der Waals surface area contributed by atoms with Gasteiger partial charge >= 0.3 is 0 Å². The van der Waals surface area contributed by atoms with E-state index in [4.69, 9.17) is 10.5 Å². The van der Waals surface area contributed by atoms with Crippen LogP contribution in [0.1, 0.15) is 11.1 Å². The average molecular weight is 335 g/mol. The summed E-state index contributed by atoms with van der Waals surface area (Å²) in [5, 5.41) is 0. The lowest BCUT2D eigenvalue weighted by atomic mass is 10.1. The number of benzene rings is 2. The Balaban J connectivity index is 2.48. The van der Waals surface area contributed by atoms with E-state index in [-0.39, 0.29) is 0 Å². The molecule has 0 saturated carbocycles. The quantitative estimate of drug-likeness (QED) is 0.844. The molecule has 0 aliphatic carbocycles. The van der Waals surface area contributed by atoms with Crippen LogP contribution in [0.4, 0.5) is 17.1 Å². The van der Waals surface area contributed by atoms with Gasteiger partial charge in [-0.2, -0.15) is 0 Å². The molecular weight excluding hydrogens is 316 g/mol. The van der Waals surface area contributed by atoms with Gasteiger partial charge in [0.1, 0.15) is 5.75 Å². The van der Waals surface area contributed by atoms with E-state index in [1.165, 1.54) is 0 Å². The van der Waals surface area contributed by atoms with Crippen LogP contribution in [0.5, 0.6) is 5.75 Å². The van der Waals surface area contributed by atoms with Crippen LogP contribution in [-0.4, -0.2) is 14.2 Å². The Morgan fingerprint density at radius 3 is 2.35 bits per heavy atom. The third-order valence-electron chi connectivity index (χ3n) is 3.43. The summed E-state index contributed by atoms with van der Waals surface area (Å²) in [6.45, 7) is 4.11. The molecule has 0 bridgehead atoms. The predicted octanol–water partition coefficient (Wildman–Crippen LogP) is 4.42. The number of anilines is 3. The lowest BCUT2D eigenvalue weighted by Gasteiger charge is -2.24. The Labute approximate surface area is 128 Å². The fourth-order valence-electron chi connectivity index (χ4n) is 2.32. The molecule has 0 aromatic heterocycles. The summed E-state index contributed by atoms with van der Waals surface area (Å²) < 4.78 is 6.34. The van der Waals surface area contributed by atoms with E-state index >= 15 is 0 Å². The molecule has 2 rings (SSSR count). The zero-order chi connectivity index (χ0) is 14.9. The van der Waals surface area contributed by atoms with Crippen LogP contribution in [0.2, 0.25) is 0 Å². The van der Waals surface area contributed by atoms with Crippen LogP contribution < -0.4 is 15.4 Å². The zero-order valence-electron chi connectivity index (χ0n) is 12.2. The van der Waals surface area contributed by atoms with E-state index in [2.05, 4.69) is 39.9 Å². The minimum atomic E-state index is 0.745. The average Bonchev–Trinajstić information content (AvgIpc) is 2.40. The molecule has 0 spiro atoms. The first-order valence-corrected chi connectivity index (χ1v) is 7.17. The molecule has 2 aromatic rings. The summed E-state index contributed by atoms with van der Waals surface area (Å²) >= 11 is 3.43. The van der Waals surface area contributed by atoms with Crippen LogP contribution in [-0.2, 0) is 0 Å². The predicted molar refractivity (Wildman–Crippen MR) is 89.1 cm³/mol. The van der Waals surface area contributed by atoms with Gasteiger partial charge in [0, 0.05) is 17.2 Å². The van der Waals surface area contributed by atoms with Crippen molar-refractivity contribution in [3.63, 3.8) is 0 Å². The highest BCUT2D eigenvalue weighted by atomic mass is 79.9. The summed E-state index contributed by atoms with van der Waals surface area (Å²) in [6, 6.07) is 10.1. The second-order valence-corrected chi connectivity index (χ2v) is 5.79. The van der Waals surface area contributed by atoms with Gasteiger partial charge in [0.2, 0.25) is 0 Å². The van der Waals surface area contributed by atoms with E-state index < -0.39 is 0 Å². The SMILES string of the molecule is COc1cc(C)c(N(C)c2ccc(Br)cc2N)cc1C. The standard InChI is InChI=1S/C16H19BrN2O/c1-10-8-16(20-4)11(2)7-15(10)19(3)14-6-5-12(17)9-13(14)18/h5-9H,18H2,1-4H3. The molecule has 0 atom stereocenters. The second kappa shape index (κ2) is 5.75. The number of nitrogen functional groups attached to an aromatic ring is 1. The van der Waals surface area contributed by atoms with Crippen LogP contribution in [0.3, 0.4) is 0 Å². The van der Waals surface area contributed by atoms with Crippen molar-refractivity contribution >= 4 is 33.0 Å². The maximum atomic E-state index is 6.11. The number of hydrogen-bond donors (Lipinski definition) is 1. The Morgan fingerprint density at radius 1 is 1.05 bits per heavy atom. The monoisotopic (exact) mass is 334 g/mol. The van der Waals surface area contributed by atoms with Crippen LogP contribution in [0, 0.1) is 13.8 Å². The number of aryl methyl sites for hydroxylation is 2. The van der Waals surface area contributed by atoms with Crippen molar-refractivity contribution in [1.29, 1.82) is 0 Å². The smallest absolute Gasteiger partial charge is 0.122 e. The lowest BCUT2D eigenvalue weighted by molar-refractivity contribution is 0.411. The Hall–Kier alpha value is -1.68. The molecule has 0 heterocycles. The molecule has 0 fully saturated rings. The van der Waals surface area contributed by atoms with Gasteiger partial charge in [-0.05, 0) is 55.3 Å². The highest BCUT2D eigenvalue weighted by Gasteiger charge is 2.12. The van der Waals surface area contributed by atoms with E-state index in [0.29, 0.717) is 0 Å². The third-order valence-corrected chi connectivity index (χ3v) is 3.92. The number of nitrogens with zero attached hydrogens (tertiary/aromatic N) is 1. The zero-order valence-corrected chi connectivity index (χ0v) is 13.8. The molecule has 3 nitrogen and oxygen atoms in total. The van der Waals surface area contributed by atoms with Crippen molar-refractivity contribution in [2.75, 3.05) is 24.8 Å². The number of rotatable bonds is 3. The highest BCUT2D eigenvalue weighted by Crippen LogP contribution is 2.35. The fraction of sp³-hybridized carbons (Fsp3) is 0.250. The number of nitrogens with two attached hydrogens (primary N) is 1. The van der Waals surface area contributed by atoms with Crippen LogP contribution >= 0.6 is 15.9 Å². The fourth-order valence-corrected chi connectivity index (χ4v) is 2.70. The van der Waals surface area contributed by atoms with Crippen molar-refractivity contribution in [3.8, 4) is 5.75 Å². The topological polar surface area (TPSA) is 38.5 Å². The van der Waals surface area contributed by atoms with E-state index in [0.717, 1.165) is 38.4 Å². The van der Waals surface area contributed by atoms with Crippen molar-refractivity contribution in [3.05, 3.63) is 45.9 Å². The van der Waals surface area contributed by atoms with Gasteiger partial charge in [-0.3, -0.25) is 0 Å². The van der Waals surface area contributed by atoms with Crippen molar-refractivity contribution in [2.45, 2.75) is 13.8 Å². The first-order valence-electron chi connectivity index (χ1n) is 6.38. The number of methoxy groups -OCH3 is 1. The molecular formula is C16H19BrN2O. The maximum Gasteiger partial charge on any atom is 0.122 e. The number of ether oxygens (including phenoxy) is 1. The first-order chi connectivity index (χ1) is 9.43. The van der Waals surface area contributed by atoms with Crippen molar-refractivity contribution in [2.24, 2.45) is 0 Å². The molecule has 0 unspecified atom stereocenters. The Bertz CT molecular complexity index is 641. The van der Waals surface area contributed by atoms with Crippen LogP contribution in [0.25, 0.3) is 0 Å². The lowest BCUT2D eigenvalue weighted by Crippen LogP contribution is -2.13. The highest BCUT2D eigenvalue weighted by molar-refractivity contribution is 9.10. The third kappa shape index (κ3) is 2.75. The molecule has 106 valence electrons. The van der Waals surface area contributed by atoms with Gasteiger partial charge in [-0.15, -0.1) is 0 Å². The molecule has 0 saturated heterocycles. The normalized spacial score (nSPS) is 10.4. The maximum absolute atomic E-state index is 6.11. The van der Waals surface area contributed by atoms with Gasteiger partial charge in [-0.1, -0.05) is 15.9 Å². The van der Waals surface area contributed by atoms with Crippen molar-refractivity contribution < 1.29 is 4.74 Å². The summed E-state index contributed by atoms with van der Waals surface area (Å²) in [6.07, 6.45) is 0. The second-order valence-electron chi connectivity index (χ2n) is 4.87. The van der Waals surface area contributed by atoms with E-state index in [1.54, 1.807) is 7.11 Å². The largest absolute Gasteiger partial charge is 0.496 e. The molecule has 4 heteroatoms.